The highest BCUT2D eigenvalue weighted by molar-refractivity contribution is 6.30. The minimum atomic E-state index is -0.710. The maximum Gasteiger partial charge on any atom is 0.408 e. The van der Waals surface area contributed by atoms with Crippen molar-refractivity contribution >= 4 is 23.6 Å². The Kier molecular flexibility index (Phi) is 10.5. The average molecular weight is 515 g/mol. The van der Waals surface area contributed by atoms with Gasteiger partial charge in [0.1, 0.15) is 11.6 Å². The van der Waals surface area contributed by atoms with E-state index in [2.05, 4.69) is 16.6 Å². The van der Waals surface area contributed by atoms with Crippen LogP contribution in [-0.2, 0) is 16.0 Å². The van der Waals surface area contributed by atoms with E-state index in [4.69, 9.17) is 32.2 Å². The summed E-state index contributed by atoms with van der Waals surface area (Å²) in [5.74, 6) is 3.28. The summed E-state index contributed by atoms with van der Waals surface area (Å²) in [7, 11) is 1.55. The number of rotatable bonds is 10. The van der Waals surface area contributed by atoms with Gasteiger partial charge in [-0.3, -0.25) is 4.79 Å². The molecule has 2 rings (SSSR count). The Balaban J connectivity index is 1.99. The van der Waals surface area contributed by atoms with Gasteiger partial charge < -0.3 is 24.8 Å². The summed E-state index contributed by atoms with van der Waals surface area (Å²) >= 11 is 5.96. The lowest BCUT2D eigenvalue weighted by atomic mass is 10.0. The molecule has 0 aliphatic heterocycles. The summed E-state index contributed by atoms with van der Waals surface area (Å²) < 4.78 is 16.8. The molecular formula is C28H35ClN2O5. The Hall–Kier alpha value is -3.37. The summed E-state index contributed by atoms with van der Waals surface area (Å²) in [6, 6.07) is 12.0. The van der Waals surface area contributed by atoms with Crippen molar-refractivity contribution < 1.29 is 23.8 Å². The van der Waals surface area contributed by atoms with E-state index in [-0.39, 0.29) is 11.8 Å². The summed E-state index contributed by atoms with van der Waals surface area (Å²) in [6.45, 7) is 9.40. The van der Waals surface area contributed by atoms with Gasteiger partial charge in [0.05, 0.1) is 7.11 Å². The predicted octanol–water partition coefficient (Wildman–Crippen LogP) is 5.31. The molecule has 0 heterocycles. The third-order valence-electron chi connectivity index (χ3n) is 5.13. The van der Waals surface area contributed by atoms with Gasteiger partial charge in [-0.15, -0.1) is 6.42 Å². The molecule has 2 aromatic carbocycles. The first-order valence-electron chi connectivity index (χ1n) is 11.8. The molecule has 0 saturated heterocycles. The van der Waals surface area contributed by atoms with Gasteiger partial charge in [0, 0.05) is 17.1 Å². The van der Waals surface area contributed by atoms with Gasteiger partial charge in [0.2, 0.25) is 5.91 Å². The number of hydrogen-bond acceptors (Lipinski definition) is 5. The number of amides is 2. The zero-order valence-corrected chi connectivity index (χ0v) is 22.4. The lowest BCUT2D eigenvalue weighted by molar-refractivity contribution is -0.124. The second-order valence-corrected chi connectivity index (χ2v) is 10.0. The number of nitrogens with one attached hydrogen (secondary N) is 2. The molecule has 2 N–H and O–H groups in total. The van der Waals surface area contributed by atoms with Crippen LogP contribution in [0.15, 0.2) is 42.5 Å². The van der Waals surface area contributed by atoms with E-state index in [9.17, 15) is 9.59 Å². The Bertz CT molecular complexity index is 1070. The fourth-order valence-corrected chi connectivity index (χ4v) is 3.46. The smallest absolute Gasteiger partial charge is 0.408 e. The minimum absolute atomic E-state index is 0.112. The molecule has 2 atom stereocenters. The number of hydrogen-bond donors (Lipinski definition) is 2. The average Bonchev–Trinajstić information content (AvgIpc) is 2.80. The van der Waals surface area contributed by atoms with Crippen LogP contribution in [0.4, 0.5) is 4.79 Å². The van der Waals surface area contributed by atoms with Crippen molar-refractivity contribution in [3.8, 4) is 23.8 Å². The molecule has 36 heavy (non-hydrogen) atoms. The van der Waals surface area contributed by atoms with Crippen LogP contribution in [0, 0.1) is 18.3 Å². The highest BCUT2D eigenvalue weighted by Gasteiger charge is 2.26. The van der Waals surface area contributed by atoms with Crippen molar-refractivity contribution in [2.45, 2.75) is 58.8 Å². The third kappa shape index (κ3) is 9.01. The number of carbonyl (C=O) groups is 2. The van der Waals surface area contributed by atoms with Gasteiger partial charge in [-0.1, -0.05) is 49.6 Å². The van der Waals surface area contributed by atoms with Crippen LogP contribution in [0.3, 0.4) is 0 Å². The Morgan fingerprint density at radius 3 is 2.31 bits per heavy atom. The van der Waals surface area contributed by atoms with Gasteiger partial charge in [-0.25, -0.2) is 4.79 Å². The fourth-order valence-electron chi connectivity index (χ4n) is 3.34. The molecule has 0 spiro atoms. The molecule has 2 unspecified atom stereocenters. The lowest BCUT2D eigenvalue weighted by Crippen LogP contribution is -2.51. The molecule has 2 amide bonds. The topological polar surface area (TPSA) is 85.9 Å². The van der Waals surface area contributed by atoms with Crippen molar-refractivity contribution in [2.24, 2.45) is 5.92 Å². The molecular weight excluding hydrogens is 480 g/mol. The monoisotopic (exact) mass is 514 g/mol. The number of terminal acetylenes is 1. The quantitative estimate of drug-likeness (QED) is 0.420. The summed E-state index contributed by atoms with van der Waals surface area (Å²) in [5.41, 5.74) is 1.09. The van der Waals surface area contributed by atoms with Crippen molar-refractivity contribution in [3.63, 3.8) is 0 Å². The number of methoxy groups -OCH3 is 1. The van der Waals surface area contributed by atoms with Crippen molar-refractivity contribution in [3.05, 3.63) is 58.6 Å². The third-order valence-corrected chi connectivity index (χ3v) is 5.38. The molecule has 0 radical (unpaired) electrons. The second-order valence-electron chi connectivity index (χ2n) is 9.61. The van der Waals surface area contributed by atoms with Gasteiger partial charge in [-0.05, 0) is 62.9 Å². The first kappa shape index (κ1) is 28.9. The Morgan fingerprint density at radius 1 is 1.08 bits per heavy atom. The number of alkyl carbamates (subject to hydrolysis) is 1. The fraction of sp³-hybridized carbons (Fsp3) is 0.429. The van der Waals surface area contributed by atoms with Gasteiger partial charge in [0.25, 0.3) is 0 Å². The van der Waals surface area contributed by atoms with Crippen LogP contribution in [-0.4, -0.2) is 37.3 Å². The summed E-state index contributed by atoms with van der Waals surface area (Å²) in [6.07, 6.45) is 5.01. The molecule has 2 aromatic rings. The van der Waals surface area contributed by atoms with Crippen molar-refractivity contribution in [1.82, 2.24) is 10.6 Å². The van der Waals surface area contributed by atoms with Crippen LogP contribution < -0.4 is 20.1 Å². The number of ether oxygens (including phenoxy) is 3. The van der Waals surface area contributed by atoms with E-state index < -0.39 is 23.8 Å². The van der Waals surface area contributed by atoms with Gasteiger partial charge in [-0.2, -0.15) is 0 Å². The molecule has 8 heteroatoms. The SMILES string of the molecule is C#CC(Oc1ccc(CCNC(=O)C(NC(=O)OC(C)(C)C)C(C)C)cc1OC)c1ccc(Cl)cc1. The van der Waals surface area contributed by atoms with Gasteiger partial charge >= 0.3 is 6.09 Å². The second kappa shape index (κ2) is 13.1. The molecule has 0 fully saturated rings. The maximum absolute atomic E-state index is 12.7. The standard InChI is InChI=1S/C28H35ClN2O5/c1-8-22(20-10-12-21(29)13-11-20)35-23-14-9-19(17-24(23)34-7)15-16-30-26(32)25(18(2)3)31-27(33)36-28(4,5)6/h1,9-14,17-18,22,25H,15-16H2,2-7H3,(H,30,32)(H,31,33). The molecule has 7 nitrogen and oxygen atoms in total. The van der Waals surface area contributed by atoms with E-state index in [0.717, 1.165) is 11.1 Å². The molecule has 0 aromatic heterocycles. The number of carbonyl (C=O) groups excluding carboxylic acids is 2. The molecule has 0 saturated carbocycles. The predicted molar refractivity (Wildman–Crippen MR) is 141 cm³/mol. The van der Waals surface area contributed by atoms with E-state index in [1.165, 1.54) is 0 Å². The molecule has 0 bridgehead atoms. The summed E-state index contributed by atoms with van der Waals surface area (Å²) in [4.78, 5) is 24.8. The van der Waals surface area contributed by atoms with E-state index in [0.29, 0.717) is 29.5 Å². The van der Waals surface area contributed by atoms with Crippen molar-refractivity contribution in [2.75, 3.05) is 13.7 Å². The highest BCUT2D eigenvalue weighted by Crippen LogP contribution is 2.32. The van der Waals surface area contributed by atoms with Gasteiger partial charge in [0.15, 0.2) is 17.6 Å². The Morgan fingerprint density at radius 2 is 1.75 bits per heavy atom. The number of benzene rings is 2. The van der Waals surface area contributed by atoms with E-state index in [1.54, 1.807) is 46.1 Å². The maximum atomic E-state index is 12.7. The normalized spacial score (nSPS) is 12.8. The van der Waals surface area contributed by atoms with E-state index in [1.807, 2.05) is 38.1 Å². The van der Waals surface area contributed by atoms with E-state index >= 15 is 0 Å². The molecule has 194 valence electrons. The number of halogens is 1. The molecule has 0 aliphatic rings. The largest absolute Gasteiger partial charge is 0.493 e. The van der Waals surface area contributed by atoms with Crippen molar-refractivity contribution in [1.29, 1.82) is 0 Å². The van der Waals surface area contributed by atoms with Crippen LogP contribution in [0.25, 0.3) is 0 Å². The molecule has 0 aliphatic carbocycles. The van der Waals surface area contributed by atoms with Crippen LogP contribution >= 0.6 is 11.6 Å². The first-order valence-corrected chi connectivity index (χ1v) is 12.1. The minimum Gasteiger partial charge on any atom is -0.493 e. The zero-order chi connectivity index (χ0) is 26.9. The van der Waals surface area contributed by atoms with Crippen LogP contribution in [0.1, 0.15) is 51.8 Å². The Labute approximate surface area is 218 Å². The highest BCUT2D eigenvalue weighted by atomic mass is 35.5. The lowest BCUT2D eigenvalue weighted by Gasteiger charge is -2.25. The first-order chi connectivity index (χ1) is 16.9. The summed E-state index contributed by atoms with van der Waals surface area (Å²) in [5, 5.41) is 6.15. The van der Waals surface area contributed by atoms with Crippen LogP contribution in [0.5, 0.6) is 11.5 Å². The zero-order valence-electron chi connectivity index (χ0n) is 21.7. The van der Waals surface area contributed by atoms with Crippen LogP contribution in [0.2, 0.25) is 5.02 Å².